The molecule has 5 nitrogen and oxygen atoms in total. The van der Waals surface area contributed by atoms with Crippen molar-refractivity contribution in [2.75, 3.05) is 0 Å². The number of rotatable bonds is 4. The molecular weight excluding hydrogens is 252 g/mol. The zero-order chi connectivity index (χ0) is 14.1. The lowest BCUT2D eigenvalue weighted by Crippen LogP contribution is -2.22. The average molecular weight is 270 g/mol. The second-order valence-corrected chi connectivity index (χ2v) is 5.20. The van der Waals surface area contributed by atoms with Gasteiger partial charge < -0.3 is 9.67 Å². The van der Waals surface area contributed by atoms with Gasteiger partial charge in [0.1, 0.15) is 0 Å². The summed E-state index contributed by atoms with van der Waals surface area (Å²) in [5, 5.41) is 14.3. The van der Waals surface area contributed by atoms with Crippen molar-refractivity contribution in [3.8, 4) is 0 Å². The van der Waals surface area contributed by atoms with Crippen molar-refractivity contribution in [1.29, 1.82) is 0 Å². The Morgan fingerprint density at radius 2 is 2.00 bits per heavy atom. The molecule has 5 heteroatoms. The highest BCUT2D eigenvalue weighted by atomic mass is 16.3. The molecule has 0 aliphatic carbocycles. The lowest BCUT2D eigenvalue weighted by molar-refractivity contribution is 0.131. The Balaban J connectivity index is 1.82. The summed E-state index contributed by atoms with van der Waals surface area (Å²) in [6, 6.07) is 6.06. The maximum Gasteiger partial charge on any atom is 0.0959 e. The minimum atomic E-state index is -0.492. The number of aromatic nitrogens is 4. The van der Waals surface area contributed by atoms with Crippen LogP contribution in [0.2, 0.25) is 0 Å². The number of benzene rings is 1. The van der Waals surface area contributed by atoms with Crippen molar-refractivity contribution in [3.05, 3.63) is 48.0 Å². The molecular formula is C15H18N4O. The molecule has 3 rings (SSSR count). The average Bonchev–Trinajstić information content (AvgIpc) is 3.02. The first-order valence-corrected chi connectivity index (χ1v) is 6.71. The van der Waals surface area contributed by atoms with Crippen molar-refractivity contribution < 1.29 is 5.11 Å². The Morgan fingerprint density at radius 3 is 2.75 bits per heavy atom. The first-order valence-electron chi connectivity index (χ1n) is 6.71. The molecule has 20 heavy (non-hydrogen) atoms. The van der Waals surface area contributed by atoms with Crippen LogP contribution in [0.25, 0.3) is 11.0 Å². The van der Waals surface area contributed by atoms with Gasteiger partial charge in [0.25, 0.3) is 0 Å². The number of hydrogen-bond acceptors (Lipinski definition) is 3. The Morgan fingerprint density at radius 1 is 1.20 bits per heavy atom. The molecule has 0 saturated carbocycles. The van der Waals surface area contributed by atoms with E-state index >= 15 is 0 Å². The van der Waals surface area contributed by atoms with Crippen LogP contribution in [0.5, 0.6) is 0 Å². The molecule has 2 heterocycles. The number of aryl methyl sites for hydroxylation is 2. The van der Waals surface area contributed by atoms with Crippen LogP contribution in [0.4, 0.5) is 0 Å². The maximum absolute atomic E-state index is 10.2. The molecule has 0 bridgehead atoms. The summed E-state index contributed by atoms with van der Waals surface area (Å²) in [5.74, 6) is 0. The standard InChI is InChI=1S/C15H18N4O/c1-11-6-14-15(7-12(11)2)18(10-16-14)8-13(20)9-19-5-3-4-17-19/h3-7,10,13,20H,8-9H2,1-2H3/t13-/m0/s1. The van der Waals surface area contributed by atoms with Crippen molar-refractivity contribution in [2.45, 2.75) is 33.0 Å². The van der Waals surface area contributed by atoms with E-state index in [0.29, 0.717) is 13.1 Å². The molecule has 0 aliphatic heterocycles. The molecule has 1 atom stereocenters. The highest BCUT2D eigenvalue weighted by molar-refractivity contribution is 5.77. The van der Waals surface area contributed by atoms with E-state index in [4.69, 9.17) is 0 Å². The third kappa shape index (κ3) is 2.44. The van der Waals surface area contributed by atoms with Crippen molar-refractivity contribution >= 4 is 11.0 Å². The second-order valence-electron chi connectivity index (χ2n) is 5.20. The van der Waals surface area contributed by atoms with Gasteiger partial charge in [0.15, 0.2) is 0 Å². The first-order chi connectivity index (χ1) is 9.63. The number of fused-ring (bicyclic) bond motifs is 1. The normalized spacial score (nSPS) is 12.9. The summed E-state index contributed by atoms with van der Waals surface area (Å²) in [6.07, 6.45) is 4.86. The molecule has 0 unspecified atom stereocenters. The number of hydrogen-bond donors (Lipinski definition) is 1. The smallest absolute Gasteiger partial charge is 0.0959 e. The first kappa shape index (κ1) is 12.9. The SMILES string of the molecule is Cc1cc2ncn(C[C@H](O)Cn3cccn3)c2cc1C. The van der Waals surface area contributed by atoms with Crippen LogP contribution >= 0.6 is 0 Å². The zero-order valence-electron chi connectivity index (χ0n) is 11.7. The summed E-state index contributed by atoms with van der Waals surface area (Å²) in [4.78, 5) is 4.40. The molecule has 1 aromatic carbocycles. The van der Waals surface area contributed by atoms with Gasteiger partial charge in [-0.2, -0.15) is 5.10 Å². The fraction of sp³-hybridized carbons (Fsp3) is 0.333. The van der Waals surface area contributed by atoms with Crippen LogP contribution in [-0.4, -0.2) is 30.5 Å². The number of aliphatic hydroxyl groups excluding tert-OH is 1. The molecule has 0 fully saturated rings. The lowest BCUT2D eigenvalue weighted by Gasteiger charge is -2.12. The molecule has 0 radical (unpaired) electrons. The van der Waals surface area contributed by atoms with E-state index in [-0.39, 0.29) is 0 Å². The fourth-order valence-corrected chi connectivity index (χ4v) is 2.37. The molecule has 104 valence electrons. The van der Waals surface area contributed by atoms with Crippen LogP contribution in [0.3, 0.4) is 0 Å². The van der Waals surface area contributed by atoms with E-state index in [1.54, 1.807) is 17.2 Å². The molecule has 0 spiro atoms. The van der Waals surface area contributed by atoms with E-state index in [1.807, 2.05) is 16.8 Å². The third-order valence-electron chi connectivity index (χ3n) is 3.60. The minimum Gasteiger partial charge on any atom is -0.389 e. The summed E-state index contributed by atoms with van der Waals surface area (Å²) >= 11 is 0. The number of imidazole rings is 1. The summed E-state index contributed by atoms with van der Waals surface area (Å²) in [7, 11) is 0. The highest BCUT2D eigenvalue weighted by Gasteiger charge is 2.10. The van der Waals surface area contributed by atoms with Crippen molar-refractivity contribution in [1.82, 2.24) is 19.3 Å². The topological polar surface area (TPSA) is 55.9 Å². The van der Waals surface area contributed by atoms with Gasteiger partial charge in [0, 0.05) is 12.4 Å². The van der Waals surface area contributed by atoms with Crippen LogP contribution in [0, 0.1) is 13.8 Å². The summed E-state index contributed by atoms with van der Waals surface area (Å²) in [6.45, 7) is 5.17. The quantitative estimate of drug-likeness (QED) is 0.788. The Hall–Kier alpha value is -2.14. The highest BCUT2D eigenvalue weighted by Crippen LogP contribution is 2.18. The minimum absolute atomic E-state index is 0.484. The van der Waals surface area contributed by atoms with Gasteiger partial charge in [-0.15, -0.1) is 0 Å². The van der Waals surface area contributed by atoms with Gasteiger partial charge in [-0.1, -0.05) is 0 Å². The van der Waals surface area contributed by atoms with Gasteiger partial charge in [-0.3, -0.25) is 4.68 Å². The molecule has 0 amide bonds. The van der Waals surface area contributed by atoms with Gasteiger partial charge in [-0.25, -0.2) is 4.98 Å². The van der Waals surface area contributed by atoms with E-state index in [9.17, 15) is 5.11 Å². The van der Waals surface area contributed by atoms with Crippen molar-refractivity contribution in [2.24, 2.45) is 0 Å². The van der Waals surface area contributed by atoms with Crippen LogP contribution < -0.4 is 0 Å². The van der Waals surface area contributed by atoms with E-state index < -0.39 is 6.10 Å². The van der Waals surface area contributed by atoms with Crippen LogP contribution in [0.15, 0.2) is 36.9 Å². The van der Waals surface area contributed by atoms with Gasteiger partial charge in [-0.05, 0) is 43.2 Å². The predicted octanol–water partition coefficient (Wildman–Crippen LogP) is 1.91. The van der Waals surface area contributed by atoms with Gasteiger partial charge in [0.2, 0.25) is 0 Å². The van der Waals surface area contributed by atoms with Gasteiger partial charge in [0.05, 0.1) is 36.6 Å². The van der Waals surface area contributed by atoms with E-state index in [1.165, 1.54) is 11.1 Å². The van der Waals surface area contributed by atoms with Gasteiger partial charge >= 0.3 is 0 Å². The Kier molecular flexibility index (Phi) is 3.28. The largest absolute Gasteiger partial charge is 0.389 e. The maximum atomic E-state index is 10.2. The Bertz CT molecular complexity index is 715. The fourth-order valence-electron chi connectivity index (χ4n) is 2.37. The summed E-state index contributed by atoms with van der Waals surface area (Å²) in [5.41, 5.74) is 4.51. The zero-order valence-corrected chi connectivity index (χ0v) is 11.7. The van der Waals surface area contributed by atoms with E-state index in [0.717, 1.165) is 11.0 Å². The Labute approximate surface area is 117 Å². The van der Waals surface area contributed by atoms with E-state index in [2.05, 4.69) is 36.1 Å². The third-order valence-corrected chi connectivity index (χ3v) is 3.60. The molecule has 0 saturated heterocycles. The molecule has 0 aliphatic rings. The second kappa shape index (κ2) is 5.09. The molecule has 2 aromatic heterocycles. The van der Waals surface area contributed by atoms with Crippen LogP contribution in [-0.2, 0) is 13.1 Å². The number of nitrogens with zero attached hydrogens (tertiary/aromatic N) is 4. The monoisotopic (exact) mass is 270 g/mol. The van der Waals surface area contributed by atoms with Crippen molar-refractivity contribution in [3.63, 3.8) is 0 Å². The summed E-state index contributed by atoms with van der Waals surface area (Å²) < 4.78 is 3.73. The van der Waals surface area contributed by atoms with Crippen LogP contribution in [0.1, 0.15) is 11.1 Å². The number of aliphatic hydroxyl groups is 1. The predicted molar refractivity (Wildman–Crippen MR) is 77.4 cm³/mol. The molecule has 1 N–H and O–H groups in total. The molecule has 3 aromatic rings. The lowest BCUT2D eigenvalue weighted by atomic mass is 10.1.